The summed E-state index contributed by atoms with van der Waals surface area (Å²) in [5, 5.41) is 9.81. The number of nitrogens with zero attached hydrogens (tertiary/aromatic N) is 1. The number of ketones is 1. The van der Waals surface area contributed by atoms with E-state index in [9.17, 15) is 14.7 Å². The van der Waals surface area contributed by atoms with Gasteiger partial charge in [-0.2, -0.15) is 0 Å². The monoisotopic (exact) mass is 353 g/mol. The first-order valence-electron chi connectivity index (χ1n) is 10.6. The summed E-state index contributed by atoms with van der Waals surface area (Å²) < 4.78 is 0. The van der Waals surface area contributed by atoms with Crippen molar-refractivity contribution >= 4 is 11.7 Å². The van der Waals surface area contributed by atoms with E-state index < -0.39 is 0 Å². The molecule has 0 radical (unpaired) electrons. The minimum Gasteiger partial charge on any atom is -0.391 e. The number of carbonyl (C=O) groups is 2. The SMILES string of the molecule is CCCC1C[C@@H](O)CN1C(=O)CCCCCCCCCCC(=O)CC. The van der Waals surface area contributed by atoms with Crippen molar-refractivity contribution in [2.24, 2.45) is 0 Å². The lowest BCUT2D eigenvalue weighted by Crippen LogP contribution is -2.35. The smallest absolute Gasteiger partial charge is 0.222 e. The Labute approximate surface area is 154 Å². The molecular weight excluding hydrogens is 314 g/mol. The summed E-state index contributed by atoms with van der Waals surface area (Å²) in [6.45, 7) is 4.60. The van der Waals surface area contributed by atoms with Gasteiger partial charge in [-0.3, -0.25) is 9.59 Å². The van der Waals surface area contributed by atoms with Crippen LogP contribution in [0.5, 0.6) is 0 Å². The lowest BCUT2D eigenvalue weighted by atomic mass is 10.0. The summed E-state index contributed by atoms with van der Waals surface area (Å²) in [5.74, 6) is 0.618. The molecule has 4 heteroatoms. The highest BCUT2D eigenvalue weighted by Crippen LogP contribution is 2.23. The van der Waals surface area contributed by atoms with E-state index in [1.54, 1.807) is 0 Å². The largest absolute Gasteiger partial charge is 0.391 e. The molecular formula is C21H39NO3. The van der Waals surface area contributed by atoms with Crippen LogP contribution in [0.3, 0.4) is 0 Å². The molecule has 0 saturated carbocycles. The van der Waals surface area contributed by atoms with Gasteiger partial charge < -0.3 is 10.0 Å². The van der Waals surface area contributed by atoms with E-state index in [0.29, 0.717) is 25.2 Å². The fourth-order valence-corrected chi connectivity index (χ4v) is 3.78. The van der Waals surface area contributed by atoms with Crippen molar-refractivity contribution in [2.75, 3.05) is 6.54 Å². The molecule has 0 aromatic rings. The third-order valence-electron chi connectivity index (χ3n) is 5.33. The zero-order valence-electron chi connectivity index (χ0n) is 16.5. The maximum absolute atomic E-state index is 12.4. The van der Waals surface area contributed by atoms with Crippen molar-refractivity contribution in [3.63, 3.8) is 0 Å². The standard InChI is InChI=1S/C21H39NO3/c1-3-13-18-16-20(24)17-22(18)21(25)15-12-10-8-6-5-7-9-11-14-19(23)4-2/h18,20,24H,3-17H2,1-2H3/t18?,20-/m1/s1. The van der Waals surface area contributed by atoms with Crippen LogP contribution in [-0.4, -0.2) is 40.4 Å². The van der Waals surface area contributed by atoms with Crippen LogP contribution in [0.1, 0.15) is 104 Å². The molecule has 0 spiro atoms. The Hall–Kier alpha value is -0.900. The molecule has 0 aromatic heterocycles. The van der Waals surface area contributed by atoms with Crippen LogP contribution in [0.15, 0.2) is 0 Å². The van der Waals surface area contributed by atoms with Crippen LogP contribution >= 0.6 is 0 Å². The van der Waals surface area contributed by atoms with Gasteiger partial charge >= 0.3 is 0 Å². The maximum atomic E-state index is 12.4. The zero-order valence-corrected chi connectivity index (χ0v) is 16.5. The number of amides is 1. The molecule has 1 aliphatic heterocycles. The summed E-state index contributed by atoms with van der Waals surface area (Å²) in [4.78, 5) is 25.5. The normalized spacial score (nSPS) is 20.2. The van der Waals surface area contributed by atoms with Crippen LogP contribution in [0.25, 0.3) is 0 Å². The van der Waals surface area contributed by atoms with Gasteiger partial charge in [0.15, 0.2) is 0 Å². The second kappa shape index (κ2) is 13.3. The highest BCUT2D eigenvalue weighted by molar-refractivity contribution is 5.78. The van der Waals surface area contributed by atoms with Crippen molar-refractivity contribution in [1.82, 2.24) is 4.90 Å². The number of likely N-dealkylation sites (tertiary alicyclic amines) is 1. The first kappa shape index (κ1) is 22.1. The number of aliphatic hydroxyl groups is 1. The summed E-state index contributed by atoms with van der Waals surface area (Å²) in [6, 6.07) is 0.257. The fourth-order valence-electron chi connectivity index (χ4n) is 3.78. The molecule has 1 aliphatic rings. The second-order valence-electron chi connectivity index (χ2n) is 7.60. The number of hydrogen-bond donors (Lipinski definition) is 1. The van der Waals surface area contributed by atoms with E-state index in [1.165, 1.54) is 32.1 Å². The van der Waals surface area contributed by atoms with Crippen LogP contribution in [-0.2, 0) is 9.59 Å². The molecule has 1 rings (SSSR count). The molecule has 1 N–H and O–H groups in total. The van der Waals surface area contributed by atoms with Gasteiger partial charge in [0.05, 0.1) is 6.10 Å². The lowest BCUT2D eigenvalue weighted by molar-refractivity contribution is -0.132. The molecule has 146 valence electrons. The van der Waals surface area contributed by atoms with E-state index >= 15 is 0 Å². The molecule has 2 atom stereocenters. The van der Waals surface area contributed by atoms with Gasteiger partial charge in [-0.15, -0.1) is 0 Å². The summed E-state index contributed by atoms with van der Waals surface area (Å²) >= 11 is 0. The summed E-state index contributed by atoms with van der Waals surface area (Å²) in [6.07, 6.45) is 13.7. The van der Waals surface area contributed by atoms with Crippen molar-refractivity contribution in [3.05, 3.63) is 0 Å². The number of unbranched alkanes of at least 4 members (excludes halogenated alkanes) is 7. The van der Waals surface area contributed by atoms with Gasteiger partial charge in [0.2, 0.25) is 5.91 Å². The van der Waals surface area contributed by atoms with Crippen molar-refractivity contribution in [3.8, 4) is 0 Å². The van der Waals surface area contributed by atoms with Crippen molar-refractivity contribution in [2.45, 2.75) is 116 Å². The predicted octanol–water partition coefficient (Wildman–Crippen LogP) is 4.63. The maximum Gasteiger partial charge on any atom is 0.222 e. The molecule has 1 saturated heterocycles. The van der Waals surface area contributed by atoms with Crippen LogP contribution in [0.4, 0.5) is 0 Å². The number of aliphatic hydroxyl groups excluding tert-OH is 1. The Morgan fingerprint density at radius 3 is 2.04 bits per heavy atom. The van der Waals surface area contributed by atoms with Gasteiger partial charge in [0, 0.05) is 31.8 Å². The molecule has 0 aromatic carbocycles. The number of carbonyl (C=O) groups excluding carboxylic acids is 2. The van der Waals surface area contributed by atoms with E-state index in [1.807, 2.05) is 11.8 Å². The van der Waals surface area contributed by atoms with E-state index in [-0.39, 0.29) is 18.1 Å². The number of Topliss-reactive ketones (excluding diaryl/α,β-unsaturated/α-hetero) is 1. The molecule has 4 nitrogen and oxygen atoms in total. The highest BCUT2D eigenvalue weighted by Gasteiger charge is 2.32. The molecule has 1 fully saturated rings. The third-order valence-corrected chi connectivity index (χ3v) is 5.33. The van der Waals surface area contributed by atoms with Gasteiger partial charge in [-0.1, -0.05) is 58.8 Å². The number of β-amino-alcohol motifs (C(OH)–C–C–N with tert-alkyl or cyclic N) is 1. The van der Waals surface area contributed by atoms with Crippen LogP contribution < -0.4 is 0 Å². The van der Waals surface area contributed by atoms with Gasteiger partial charge in [0.1, 0.15) is 5.78 Å². The second-order valence-corrected chi connectivity index (χ2v) is 7.60. The van der Waals surface area contributed by atoms with E-state index in [0.717, 1.165) is 44.9 Å². The quantitative estimate of drug-likeness (QED) is 0.463. The molecule has 0 aliphatic carbocycles. The molecule has 1 amide bonds. The topological polar surface area (TPSA) is 57.6 Å². The number of hydrogen-bond acceptors (Lipinski definition) is 3. The average molecular weight is 354 g/mol. The summed E-state index contributed by atoms with van der Waals surface area (Å²) in [5.41, 5.74) is 0. The van der Waals surface area contributed by atoms with Crippen molar-refractivity contribution < 1.29 is 14.7 Å². The molecule has 25 heavy (non-hydrogen) atoms. The minimum absolute atomic E-state index is 0.232. The van der Waals surface area contributed by atoms with Crippen LogP contribution in [0.2, 0.25) is 0 Å². The zero-order chi connectivity index (χ0) is 18.5. The number of rotatable bonds is 14. The minimum atomic E-state index is -0.326. The summed E-state index contributed by atoms with van der Waals surface area (Å²) in [7, 11) is 0. The Balaban J connectivity index is 1.98. The fraction of sp³-hybridized carbons (Fsp3) is 0.905. The van der Waals surface area contributed by atoms with E-state index in [4.69, 9.17) is 0 Å². The third kappa shape index (κ3) is 9.39. The van der Waals surface area contributed by atoms with Gasteiger partial charge in [-0.05, 0) is 25.7 Å². The Morgan fingerprint density at radius 2 is 1.48 bits per heavy atom. The van der Waals surface area contributed by atoms with E-state index in [2.05, 4.69) is 6.92 Å². The van der Waals surface area contributed by atoms with Crippen LogP contribution in [0, 0.1) is 0 Å². The van der Waals surface area contributed by atoms with Gasteiger partial charge in [0.25, 0.3) is 0 Å². The Bertz CT molecular complexity index is 383. The first-order valence-corrected chi connectivity index (χ1v) is 10.6. The molecule has 1 unspecified atom stereocenters. The van der Waals surface area contributed by atoms with Gasteiger partial charge in [-0.25, -0.2) is 0 Å². The highest BCUT2D eigenvalue weighted by atomic mass is 16.3. The molecule has 0 bridgehead atoms. The molecule has 1 heterocycles. The van der Waals surface area contributed by atoms with Crippen molar-refractivity contribution in [1.29, 1.82) is 0 Å². The Morgan fingerprint density at radius 1 is 0.920 bits per heavy atom. The lowest BCUT2D eigenvalue weighted by Gasteiger charge is -2.24. The predicted molar refractivity (Wildman–Crippen MR) is 103 cm³/mol. The average Bonchev–Trinajstić information content (AvgIpc) is 2.97. The first-order chi connectivity index (χ1) is 12.1. The Kier molecular flexibility index (Phi) is 11.8.